The van der Waals surface area contributed by atoms with Crippen LogP contribution in [-0.4, -0.2) is 64.6 Å². The van der Waals surface area contributed by atoms with Crippen LogP contribution in [0.1, 0.15) is 62.2 Å². The van der Waals surface area contributed by atoms with E-state index >= 15 is 0 Å². The Hall–Kier alpha value is -8.81. The van der Waals surface area contributed by atoms with Crippen molar-refractivity contribution in [2.45, 2.75) is 20.8 Å². The summed E-state index contributed by atoms with van der Waals surface area (Å²) in [7, 11) is -11.2. The number of nitrogen functional groups attached to an aromatic ring is 2. The molecule has 82 heavy (non-hydrogen) atoms. The Labute approximate surface area is 490 Å². The summed E-state index contributed by atoms with van der Waals surface area (Å²) in [6, 6.07) is 60.5. The van der Waals surface area contributed by atoms with E-state index in [0.717, 1.165) is 17.4 Å². The minimum atomic E-state index is -3.78. The number of nitrogens with two attached hydrogens (primary N) is 2. The van der Waals surface area contributed by atoms with Crippen LogP contribution in [0.15, 0.2) is 218 Å². The number of hydrogen-bond acceptors (Lipinski definition) is 14. The number of alkyl halides is 1. The van der Waals surface area contributed by atoms with Crippen molar-refractivity contribution >= 4 is 132 Å². The summed E-state index contributed by atoms with van der Waals surface area (Å²) in [5, 5.41) is 0.105. The van der Waals surface area contributed by atoms with Crippen LogP contribution in [0.25, 0.3) is 0 Å². The molecule has 0 spiro atoms. The van der Waals surface area contributed by atoms with Crippen LogP contribution < -0.4 is 39.8 Å². The number of benzene rings is 8. The van der Waals surface area contributed by atoms with Crippen molar-refractivity contribution in [3.8, 4) is 0 Å². The summed E-state index contributed by atoms with van der Waals surface area (Å²) in [6.07, 6.45) is 0. The molecule has 0 unspecified atom stereocenters. The van der Waals surface area contributed by atoms with Gasteiger partial charge >= 0.3 is 30.6 Å². The van der Waals surface area contributed by atoms with Gasteiger partial charge in [0.25, 0.3) is 0 Å². The van der Waals surface area contributed by atoms with E-state index < -0.39 is 30.6 Å². The summed E-state index contributed by atoms with van der Waals surface area (Å²) in [5.41, 5.74) is 16.9. The number of hydrogen-bond donors (Lipinski definition) is 8. The lowest BCUT2D eigenvalue weighted by Crippen LogP contribution is -2.21. The zero-order valence-electron chi connectivity index (χ0n) is 44.4. The monoisotopic (exact) mass is 1250 g/mol. The van der Waals surface area contributed by atoms with Crippen LogP contribution in [0.4, 0.5) is 45.5 Å². The molecule has 0 aliphatic heterocycles. The van der Waals surface area contributed by atoms with Gasteiger partial charge in [-0.3, -0.25) is 52.3 Å². The molecule has 0 aromatic heterocycles. The predicted octanol–water partition coefficient (Wildman–Crippen LogP) is 11.3. The quantitative estimate of drug-likeness (QED) is 0.0212. The topological polar surface area (TPSA) is 312 Å². The fraction of sp³-hybridized carbons (Fsp3) is 0.0862. The number of carbonyl (C=O) groups excluding carboxylic acids is 5. The van der Waals surface area contributed by atoms with E-state index in [9.17, 15) is 49.2 Å². The predicted molar refractivity (Wildman–Crippen MR) is 334 cm³/mol. The second kappa shape index (κ2) is 33.1. The maximum atomic E-state index is 12.0. The standard InChI is InChI=1S/C16H16N2O4S2.C14H13BrN2O3S.C14H14N2O3S.C8H9NO.C6H7N/c1-12(19)23-11-16(20)13-7-9-15(10-8-13)18-24(21,22)17-14-5-3-2-4-6-14;15-10-14(18)11-6-8-13(9-7-11)17-21(19,20)16-12-4-2-1-3-5-12;1-11(17)12-7-9-14(10-8-12)16-20(18,19)15-13-5-3-2-4-6-13;1-6(10)7-2-4-8(9)5-3-7;7-6-4-2-1-3-5-6/h2-10,17-18H,11H2,1H3;1-9,16-17H,10H2;2-10,15-16H,1H3;2-5H,9H2,1H3;1-5H,7H2. The van der Waals surface area contributed by atoms with Gasteiger partial charge in [0.05, 0.1) is 45.2 Å². The Morgan fingerprint density at radius 3 is 0.854 bits per heavy atom. The lowest BCUT2D eigenvalue weighted by molar-refractivity contribution is -0.109. The Bertz CT molecular complexity index is 3670. The average molecular weight is 1250 g/mol. The zero-order chi connectivity index (χ0) is 60.1. The highest BCUT2D eigenvalue weighted by molar-refractivity contribution is 9.09. The molecule has 0 amide bonds. The molecule has 8 aromatic rings. The minimum absolute atomic E-state index is 0.0631. The third kappa shape index (κ3) is 26.0. The normalized spacial score (nSPS) is 10.5. The molecule has 0 saturated carbocycles. The average Bonchev–Trinajstić information content (AvgIpc) is 3.44. The molecule has 0 fully saturated rings. The van der Waals surface area contributed by atoms with E-state index in [0.29, 0.717) is 62.1 Å². The Morgan fingerprint density at radius 1 is 0.354 bits per heavy atom. The van der Waals surface area contributed by atoms with Gasteiger partial charge in [0.15, 0.2) is 28.2 Å². The number of ketones is 4. The van der Waals surface area contributed by atoms with Crippen molar-refractivity contribution in [1.29, 1.82) is 0 Å². The number of rotatable bonds is 19. The number of Topliss-reactive ketones (excluding diaryl/α,β-unsaturated/α-hetero) is 4. The fourth-order valence-corrected chi connectivity index (χ4v) is 9.90. The first-order valence-corrected chi connectivity index (χ1v) is 30.8. The van der Waals surface area contributed by atoms with Crippen LogP contribution in [0, 0.1) is 0 Å². The maximum Gasteiger partial charge on any atom is 0.321 e. The van der Waals surface area contributed by atoms with E-state index in [2.05, 4.69) is 44.3 Å². The van der Waals surface area contributed by atoms with Crippen molar-refractivity contribution in [3.05, 3.63) is 241 Å². The summed E-state index contributed by atoms with van der Waals surface area (Å²) >= 11 is 4.02. The molecular formula is C58H59BrN8O11S4. The molecule has 8 rings (SSSR count). The number of carbonyl (C=O) groups is 5. The number of nitrogens with one attached hydrogen (secondary N) is 6. The van der Waals surface area contributed by atoms with Crippen molar-refractivity contribution in [1.82, 2.24) is 0 Å². The van der Waals surface area contributed by atoms with E-state index in [-0.39, 0.29) is 39.3 Å². The summed E-state index contributed by atoms with van der Waals surface area (Å²) in [4.78, 5) is 56.0. The largest absolute Gasteiger partial charge is 0.399 e. The number of anilines is 8. The molecule has 24 heteroatoms. The van der Waals surface area contributed by atoms with Gasteiger partial charge in [0, 0.05) is 40.6 Å². The van der Waals surface area contributed by atoms with Crippen molar-refractivity contribution in [2.75, 3.05) is 50.9 Å². The molecule has 0 heterocycles. The third-order valence-electron chi connectivity index (χ3n) is 10.2. The van der Waals surface area contributed by atoms with Crippen LogP contribution in [0.5, 0.6) is 0 Å². The highest BCUT2D eigenvalue weighted by atomic mass is 79.9. The van der Waals surface area contributed by atoms with Gasteiger partial charge in [-0.05, 0) is 159 Å². The number of halogens is 1. The molecule has 0 aliphatic carbocycles. The van der Waals surface area contributed by atoms with Gasteiger partial charge in [-0.15, -0.1) is 0 Å². The van der Waals surface area contributed by atoms with Crippen molar-refractivity contribution < 1.29 is 49.2 Å². The van der Waals surface area contributed by atoms with Crippen LogP contribution in [-0.2, 0) is 35.4 Å². The first kappa shape index (κ1) is 65.7. The van der Waals surface area contributed by atoms with Crippen LogP contribution >= 0.6 is 27.7 Å². The highest BCUT2D eigenvalue weighted by Crippen LogP contribution is 2.18. The molecule has 0 bridgehead atoms. The molecule has 0 atom stereocenters. The Morgan fingerprint density at radius 2 is 0.598 bits per heavy atom. The van der Waals surface area contributed by atoms with Gasteiger partial charge in [0.1, 0.15) is 0 Å². The van der Waals surface area contributed by atoms with E-state index in [1.807, 2.05) is 30.3 Å². The molecule has 428 valence electrons. The van der Waals surface area contributed by atoms with Crippen molar-refractivity contribution in [3.63, 3.8) is 0 Å². The zero-order valence-corrected chi connectivity index (χ0v) is 49.2. The van der Waals surface area contributed by atoms with Gasteiger partial charge in [-0.25, -0.2) is 0 Å². The van der Waals surface area contributed by atoms with Crippen molar-refractivity contribution in [2.24, 2.45) is 0 Å². The van der Waals surface area contributed by atoms with E-state index in [1.165, 1.54) is 45.0 Å². The molecule has 0 aliphatic rings. The van der Waals surface area contributed by atoms with E-state index in [4.69, 9.17) is 11.5 Å². The van der Waals surface area contributed by atoms with Gasteiger partial charge in [-0.2, -0.15) is 25.3 Å². The lowest BCUT2D eigenvalue weighted by atomic mass is 10.1. The van der Waals surface area contributed by atoms with Gasteiger partial charge in [0.2, 0.25) is 0 Å². The summed E-state index contributed by atoms with van der Waals surface area (Å²) in [5.74, 6) is -0.184. The smallest absolute Gasteiger partial charge is 0.321 e. The first-order valence-electron chi connectivity index (χ1n) is 24.2. The summed E-state index contributed by atoms with van der Waals surface area (Å²) < 4.78 is 86.1. The molecule has 10 N–H and O–H groups in total. The van der Waals surface area contributed by atoms with E-state index in [1.54, 1.807) is 164 Å². The molecule has 19 nitrogen and oxygen atoms in total. The third-order valence-corrected chi connectivity index (χ3v) is 14.5. The molecule has 0 saturated heterocycles. The Kier molecular flexibility index (Phi) is 26.5. The Balaban J connectivity index is 0.000000232. The lowest BCUT2D eigenvalue weighted by Gasteiger charge is -2.10. The van der Waals surface area contributed by atoms with Gasteiger partial charge < -0.3 is 11.5 Å². The SMILES string of the molecule is CC(=O)SCC(=O)c1ccc(NS(=O)(=O)Nc2ccccc2)cc1.CC(=O)c1ccc(N)cc1.CC(=O)c1ccc(NS(=O)(=O)Nc2ccccc2)cc1.Nc1ccccc1.O=C(CBr)c1ccc(NS(=O)(=O)Nc2ccccc2)cc1. The molecule has 8 aromatic carbocycles. The molecule has 0 radical (unpaired) electrons. The minimum Gasteiger partial charge on any atom is -0.399 e. The first-order chi connectivity index (χ1) is 38.9. The summed E-state index contributed by atoms with van der Waals surface area (Å²) in [6.45, 7) is 4.39. The number of thioether (sulfide) groups is 1. The maximum absolute atomic E-state index is 12.0. The second-order valence-corrected chi connectivity index (χ2v) is 22.8. The van der Waals surface area contributed by atoms with Crippen LogP contribution in [0.3, 0.4) is 0 Å². The fourth-order valence-electron chi connectivity index (χ4n) is 6.25. The second-order valence-electron chi connectivity index (χ2n) is 16.9. The van der Waals surface area contributed by atoms with Gasteiger partial charge in [-0.1, -0.05) is 100 Å². The number of para-hydroxylation sites is 4. The van der Waals surface area contributed by atoms with Crippen LogP contribution in [0.2, 0.25) is 0 Å². The molecular weight excluding hydrogens is 1190 g/mol. The highest BCUT2D eigenvalue weighted by Gasteiger charge is 2.14.